The molecule has 0 aliphatic carbocycles. The Morgan fingerprint density at radius 3 is 2.53 bits per heavy atom. The molecule has 0 atom stereocenters. The lowest BCUT2D eigenvalue weighted by molar-refractivity contribution is -0.118. The standard InChI is InChI=1S/C26H31FN2O/c1-20(2)12-15-28-16-13-26(14-17-28)19-29(24-10-9-22(27)18-23(24)26)25(30)11-8-21-6-4-3-5-7-21/h3-7,9-10,12,18H,8,11,13-17,19H2,1-2H3. The molecule has 1 spiro atoms. The number of carbonyl (C=O) groups is 1. The molecule has 1 amide bonds. The minimum Gasteiger partial charge on any atom is -0.311 e. The summed E-state index contributed by atoms with van der Waals surface area (Å²) in [6.07, 6.45) is 5.39. The molecule has 2 aromatic carbocycles. The predicted octanol–water partition coefficient (Wildman–Crippen LogP) is 5.10. The van der Waals surface area contributed by atoms with E-state index in [1.54, 1.807) is 12.1 Å². The van der Waals surface area contributed by atoms with Gasteiger partial charge in [-0.15, -0.1) is 0 Å². The molecule has 2 aliphatic rings. The maximum atomic E-state index is 14.2. The number of hydrogen-bond acceptors (Lipinski definition) is 2. The molecule has 0 unspecified atom stereocenters. The van der Waals surface area contributed by atoms with E-state index in [1.807, 2.05) is 23.1 Å². The van der Waals surface area contributed by atoms with Crippen molar-refractivity contribution in [2.45, 2.75) is 44.9 Å². The summed E-state index contributed by atoms with van der Waals surface area (Å²) in [5.41, 5.74) is 4.32. The quantitative estimate of drug-likeness (QED) is 0.645. The van der Waals surface area contributed by atoms with Crippen LogP contribution in [0.2, 0.25) is 0 Å². The van der Waals surface area contributed by atoms with Gasteiger partial charge in [-0.05, 0) is 75.5 Å². The summed E-state index contributed by atoms with van der Waals surface area (Å²) < 4.78 is 14.2. The van der Waals surface area contributed by atoms with Gasteiger partial charge in [0.15, 0.2) is 0 Å². The van der Waals surface area contributed by atoms with Crippen molar-refractivity contribution in [3.63, 3.8) is 0 Å². The van der Waals surface area contributed by atoms with E-state index >= 15 is 0 Å². The maximum Gasteiger partial charge on any atom is 0.227 e. The highest BCUT2D eigenvalue weighted by Crippen LogP contribution is 2.47. The number of anilines is 1. The molecular weight excluding hydrogens is 375 g/mol. The van der Waals surface area contributed by atoms with Crippen LogP contribution in [0.4, 0.5) is 10.1 Å². The number of amides is 1. The first kappa shape index (κ1) is 20.8. The number of benzene rings is 2. The van der Waals surface area contributed by atoms with Gasteiger partial charge >= 0.3 is 0 Å². The van der Waals surface area contributed by atoms with Crippen molar-refractivity contribution in [2.24, 2.45) is 0 Å². The summed E-state index contributed by atoms with van der Waals surface area (Å²) in [6, 6.07) is 15.1. The molecule has 0 saturated carbocycles. The molecule has 0 aromatic heterocycles. The number of nitrogens with zero attached hydrogens (tertiary/aromatic N) is 2. The van der Waals surface area contributed by atoms with E-state index in [0.29, 0.717) is 13.0 Å². The minimum atomic E-state index is -0.210. The Morgan fingerprint density at radius 1 is 1.10 bits per heavy atom. The summed E-state index contributed by atoms with van der Waals surface area (Å²) >= 11 is 0. The topological polar surface area (TPSA) is 23.6 Å². The summed E-state index contributed by atoms with van der Waals surface area (Å²) in [6.45, 7) is 7.85. The van der Waals surface area contributed by atoms with Crippen molar-refractivity contribution in [1.82, 2.24) is 4.90 Å². The van der Waals surface area contributed by atoms with Gasteiger partial charge in [-0.2, -0.15) is 0 Å². The van der Waals surface area contributed by atoms with Crippen LogP contribution in [0.1, 0.15) is 44.2 Å². The molecule has 1 fully saturated rings. The average Bonchev–Trinajstić information content (AvgIpc) is 3.06. The lowest BCUT2D eigenvalue weighted by atomic mass is 9.74. The monoisotopic (exact) mass is 406 g/mol. The van der Waals surface area contributed by atoms with Crippen LogP contribution in [-0.4, -0.2) is 37.0 Å². The first-order valence-electron chi connectivity index (χ1n) is 11.0. The SMILES string of the molecule is CC(C)=CCN1CCC2(CC1)CN(C(=O)CCc1ccccc1)c1ccc(F)cc12. The molecule has 4 rings (SSSR count). The van der Waals surface area contributed by atoms with Gasteiger partial charge in [0.25, 0.3) is 0 Å². The van der Waals surface area contributed by atoms with E-state index in [2.05, 4.69) is 37.0 Å². The smallest absolute Gasteiger partial charge is 0.227 e. The van der Waals surface area contributed by atoms with Gasteiger partial charge in [0.2, 0.25) is 5.91 Å². The van der Waals surface area contributed by atoms with Crippen LogP contribution >= 0.6 is 0 Å². The second-order valence-corrected chi connectivity index (χ2v) is 8.99. The third-order valence-electron chi connectivity index (χ3n) is 6.62. The Hall–Kier alpha value is -2.46. The Labute approximate surface area is 179 Å². The van der Waals surface area contributed by atoms with Gasteiger partial charge in [-0.1, -0.05) is 42.0 Å². The number of piperidine rings is 1. The molecule has 2 aliphatic heterocycles. The van der Waals surface area contributed by atoms with E-state index in [0.717, 1.165) is 50.1 Å². The molecule has 158 valence electrons. The van der Waals surface area contributed by atoms with E-state index < -0.39 is 0 Å². The number of fused-ring (bicyclic) bond motifs is 2. The molecule has 0 N–H and O–H groups in total. The van der Waals surface area contributed by atoms with Crippen molar-refractivity contribution in [2.75, 3.05) is 31.1 Å². The molecule has 0 radical (unpaired) electrons. The number of aryl methyl sites for hydroxylation is 1. The van der Waals surface area contributed by atoms with E-state index in [9.17, 15) is 9.18 Å². The normalized spacial score (nSPS) is 17.8. The number of halogens is 1. The first-order valence-corrected chi connectivity index (χ1v) is 11.0. The van der Waals surface area contributed by atoms with Crippen LogP contribution in [0, 0.1) is 5.82 Å². The third-order valence-corrected chi connectivity index (χ3v) is 6.62. The zero-order valence-electron chi connectivity index (χ0n) is 18.0. The van der Waals surface area contributed by atoms with Gasteiger partial charge in [0.1, 0.15) is 5.82 Å². The van der Waals surface area contributed by atoms with Crippen molar-refractivity contribution in [3.05, 3.63) is 77.1 Å². The molecule has 30 heavy (non-hydrogen) atoms. The highest BCUT2D eigenvalue weighted by molar-refractivity contribution is 5.96. The van der Waals surface area contributed by atoms with E-state index in [4.69, 9.17) is 0 Å². The fourth-order valence-corrected chi connectivity index (χ4v) is 4.80. The summed E-state index contributed by atoms with van der Waals surface area (Å²) in [4.78, 5) is 17.5. The Bertz CT molecular complexity index is 925. The average molecular weight is 407 g/mol. The van der Waals surface area contributed by atoms with Crippen LogP contribution in [0.5, 0.6) is 0 Å². The Kier molecular flexibility index (Phi) is 6.05. The van der Waals surface area contributed by atoms with Gasteiger partial charge in [0, 0.05) is 30.6 Å². The lowest BCUT2D eigenvalue weighted by Gasteiger charge is -2.39. The Morgan fingerprint density at radius 2 is 1.83 bits per heavy atom. The highest BCUT2D eigenvalue weighted by Gasteiger charge is 2.46. The largest absolute Gasteiger partial charge is 0.311 e. The number of carbonyl (C=O) groups excluding carboxylic acids is 1. The van der Waals surface area contributed by atoms with Crippen LogP contribution in [0.25, 0.3) is 0 Å². The van der Waals surface area contributed by atoms with Crippen molar-refractivity contribution < 1.29 is 9.18 Å². The minimum absolute atomic E-state index is 0.124. The number of rotatable bonds is 5. The number of hydrogen-bond donors (Lipinski definition) is 0. The zero-order valence-corrected chi connectivity index (χ0v) is 18.0. The molecule has 2 aromatic rings. The van der Waals surface area contributed by atoms with Crippen LogP contribution < -0.4 is 4.90 Å². The van der Waals surface area contributed by atoms with Crippen LogP contribution in [-0.2, 0) is 16.6 Å². The predicted molar refractivity (Wildman–Crippen MR) is 120 cm³/mol. The molecule has 0 bridgehead atoms. The van der Waals surface area contributed by atoms with E-state index in [1.165, 1.54) is 17.2 Å². The van der Waals surface area contributed by atoms with Crippen molar-refractivity contribution >= 4 is 11.6 Å². The van der Waals surface area contributed by atoms with Gasteiger partial charge in [-0.3, -0.25) is 9.69 Å². The van der Waals surface area contributed by atoms with Crippen molar-refractivity contribution in [1.29, 1.82) is 0 Å². The van der Waals surface area contributed by atoms with Gasteiger partial charge in [0.05, 0.1) is 0 Å². The molecule has 4 heteroatoms. The van der Waals surface area contributed by atoms with Gasteiger partial charge in [-0.25, -0.2) is 4.39 Å². The molecular formula is C26H31FN2O. The zero-order chi connectivity index (χ0) is 21.1. The van der Waals surface area contributed by atoms with Crippen molar-refractivity contribution in [3.8, 4) is 0 Å². The fourth-order valence-electron chi connectivity index (χ4n) is 4.80. The Balaban J connectivity index is 1.50. The van der Waals surface area contributed by atoms with Gasteiger partial charge < -0.3 is 4.90 Å². The first-order chi connectivity index (χ1) is 14.5. The number of likely N-dealkylation sites (tertiary alicyclic amines) is 1. The second kappa shape index (κ2) is 8.73. The molecule has 1 saturated heterocycles. The van der Waals surface area contributed by atoms with Crippen LogP contribution in [0.15, 0.2) is 60.2 Å². The molecule has 2 heterocycles. The summed E-state index contributed by atoms with van der Waals surface area (Å²) in [5, 5.41) is 0. The maximum absolute atomic E-state index is 14.2. The third kappa shape index (κ3) is 4.34. The summed E-state index contributed by atoms with van der Waals surface area (Å²) in [5.74, 6) is -0.0748. The van der Waals surface area contributed by atoms with Crippen LogP contribution in [0.3, 0.4) is 0 Å². The second-order valence-electron chi connectivity index (χ2n) is 8.99. The fraction of sp³-hybridized carbons (Fsp3) is 0.423. The highest BCUT2D eigenvalue weighted by atomic mass is 19.1. The summed E-state index contributed by atoms with van der Waals surface area (Å²) in [7, 11) is 0. The van der Waals surface area contributed by atoms with E-state index in [-0.39, 0.29) is 17.1 Å². The number of allylic oxidation sites excluding steroid dienone is 1. The molecule has 3 nitrogen and oxygen atoms in total. The lowest BCUT2D eigenvalue weighted by Crippen LogP contribution is -2.46.